The first-order valence-corrected chi connectivity index (χ1v) is 3.91. The molecule has 0 radical (unpaired) electrons. The quantitative estimate of drug-likeness (QED) is 0.467. The van der Waals surface area contributed by atoms with E-state index in [4.69, 9.17) is 0 Å². The number of nitrogens with one attached hydrogen (secondary N) is 1. The van der Waals surface area contributed by atoms with Gasteiger partial charge in [0, 0.05) is 19.6 Å². The number of hydrogen-bond donors (Lipinski definition) is 1. The number of isocyanates is 1. The van der Waals surface area contributed by atoms with Crippen LogP contribution >= 0.6 is 0 Å². The molecule has 1 aliphatic heterocycles. The van der Waals surface area contributed by atoms with Crippen LogP contribution in [0.5, 0.6) is 0 Å². The van der Waals surface area contributed by atoms with Crippen LogP contribution in [-0.4, -0.2) is 43.2 Å². The first kappa shape index (κ1) is 8.74. The van der Waals surface area contributed by atoms with Crippen LogP contribution in [0.25, 0.3) is 0 Å². The van der Waals surface area contributed by atoms with Gasteiger partial charge in [-0.25, -0.2) is 14.6 Å². The van der Waals surface area contributed by atoms with Gasteiger partial charge in [0.2, 0.25) is 6.08 Å². The summed E-state index contributed by atoms with van der Waals surface area (Å²) in [7, 11) is 0. The molecule has 0 aliphatic carbocycles. The largest absolute Gasteiger partial charge is 0.338 e. The van der Waals surface area contributed by atoms with Gasteiger partial charge in [-0.2, -0.15) is 0 Å². The SMILES string of the molecule is O=C=NCCN1CCCNC1=O. The third-order valence-electron chi connectivity index (χ3n) is 1.71. The average Bonchev–Trinajstić information content (AvgIpc) is 2.09. The van der Waals surface area contributed by atoms with Gasteiger partial charge in [-0.15, -0.1) is 0 Å². The normalized spacial score (nSPS) is 16.7. The molecule has 0 spiro atoms. The molecule has 1 aliphatic rings. The van der Waals surface area contributed by atoms with Gasteiger partial charge in [-0.1, -0.05) is 0 Å². The van der Waals surface area contributed by atoms with Crippen molar-refractivity contribution >= 4 is 12.1 Å². The number of amides is 2. The van der Waals surface area contributed by atoms with Crippen molar-refractivity contribution in [3.63, 3.8) is 0 Å². The molecule has 0 bridgehead atoms. The van der Waals surface area contributed by atoms with Crippen LogP contribution in [0, 0.1) is 0 Å². The molecule has 66 valence electrons. The minimum Gasteiger partial charge on any atom is -0.338 e. The van der Waals surface area contributed by atoms with Crippen molar-refractivity contribution in [3.05, 3.63) is 0 Å². The summed E-state index contributed by atoms with van der Waals surface area (Å²) in [4.78, 5) is 25.8. The molecular weight excluding hydrogens is 158 g/mol. The first-order valence-electron chi connectivity index (χ1n) is 3.91. The Kier molecular flexibility index (Phi) is 3.29. The van der Waals surface area contributed by atoms with Crippen molar-refractivity contribution in [2.24, 2.45) is 4.99 Å². The van der Waals surface area contributed by atoms with E-state index in [9.17, 15) is 9.59 Å². The summed E-state index contributed by atoms with van der Waals surface area (Å²) in [6.45, 7) is 2.34. The van der Waals surface area contributed by atoms with Crippen LogP contribution in [0.4, 0.5) is 4.79 Å². The standard InChI is InChI=1S/C7H11N3O2/c11-6-8-3-5-10-4-1-2-9-7(10)12/h1-5H2,(H,9,12). The van der Waals surface area contributed by atoms with Crippen LogP contribution < -0.4 is 5.32 Å². The van der Waals surface area contributed by atoms with E-state index >= 15 is 0 Å². The third-order valence-corrected chi connectivity index (χ3v) is 1.71. The minimum absolute atomic E-state index is 0.0673. The number of rotatable bonds is 3. The summed E-state index contributed by atoms with van der Waals surface area (Å²) >= 11 is 0. The summed E-state index contributed by atoms with van der Waals surface area (Å²) < 4.78 is 0. The van der Waals surface area contributed by atoms with Crippen molar-refractivity contribution in [3.8, 4) is 0 Å². The van der Waals surface area contributed by atoms with Gasteiger partial charge < -0.3 is 10.2 Å². The molecule has 0 atom stereocenters. The number of nitrogens with zero attached hydrogens (tertiary/aromatic N) is 2. The number of carbonyl (C=O) groups is 1. The Morgan fingerprint density at radius 1 is 1.67 bits per heavy atom. The Hall–Kier alpha value is -1.35. The zero-order valence-electron chi connectivity index (χ0n) is 6.75. The highest BCUT2D eigenvalue weighted by atomic mass is 16.2. The van der Waals surface area contributed by atoms with Gasteiger partial charge in [0.25, 0.3) is 0 Å². The summed E-state index contributed by atoms with van der Waals surface area (Å²) in [6.07, 6.45) is 2.39. The second-order valence-corrected chi connectivity index (χ2v) is 2.55. The van der Waals surface area contributed by atoms with E-state index in [2.05, 4.69) is 10.3 Å². The third kappa shape index (κ3) is 2.36. The predicted molar refractivity (Wildman–Crippen MR) is 42.6 cm³/mol. The zero-order valence-corrected chi connectivity index (χ0v) is 6.75. The van der Waals surface area contributed by atoms with Crippen LogP contribution in [0.3, 0.4) is 0 Å². The number of urea groups is 1. The monoisotopic (exact) mass is 169 g/mol. The molecule has 2 amide bonds. The maximum Gasteiger partial charge on any atom is 0.317 e. The number of aliphatic imine (C=N–C) groups is 1. The van der Waals surface area contributed by atoms with Gasteiger partial charge in [0.15, 0.2) is 0 Å². The number of hydrogen-bond acceptors (Lipinski definition) is 3. The molecule has 1 saturated heterocycles. The Labute approximate surface area is 70.5 Å². The molecule has 1 heterocycles. The van der Waals surface area contributed by atoms with Crippen LogP contribution in [0.2, 0.25) is 0 Å². The molecule has 5 nitrogen and oxygen atoms in total. The Morgan fingerprint density at radius 3 is 3.17 bits per heavy atom. The topological polar surface area (TPSA) is 61.8 Å². The molecule has 0 saturated carbocycles. The van der Waals surface area contributed by atoms with E-state index in [-0.39, 0.29) is 6.03 Å². The summed E-state index contributed by atoms with van der Waals surface area (Å²) in [5.41, 5.74) is 0. The van der Waals surface area contributed by atoms with Gasteiger partial charge in [0.1, 0.15) is 0 Å². The molecule has 12 heavy (non-hydrogen) atoms. The summed E-state index contributed by atoms with van der Waals surface area (Å²) in [5, 5.41) is 2.71. The van der Waals surface area contributed by atoms with E-state index < -0.39 is 0 Å². The zero-order chi connectivity index (χ0) is 8.81. The van der Waals surface area contributed by atoms with Gasteiger partial charge in [-0.3, -0.25) is 0 Å². The smallest absolute Gasteiger partial charge is 0.317 e. The van der Waals surface area contributed by atoms with Crippen molar-refractivity contribution in [2.75, 3.05) is 26.2 Å². The van der Waals surface area contributed by atoms with Crippen LogP contribution in [0.1, 0.15) is 6.42 Å². The van der Waals surface area contributed by atoms with Crippen molar-refractivity contribution in [1.29, 1.82) is 0 Å². The molecule has 0 aromatic rings. The summed E-state index contributed by atoms with van der Waals surface area (Å²) in [6, 6.07) is -0.0673. The maximum atomic E-state index is 11.1. The van der Waals surface area contributed by atoms with E-state index in [1.54, 1.807) is 4.90 Å². The Morgan fingerprint density at radius 2 is 2.50 bits per heavy atom. The van der Waals surface area contributed by atoms with Gasteiger partial charge in [-0.05, 0) is 6.42 Å². The molecule has 5 heteroatoms. The maximum absolute atomic E-state index is 11.1. The lowest BCUT2D eigenvalue weighted by Gasteiger charge is -2.26. The van der Waals surface area contributed by atoms with E-state index in [0.717, 1.165) is 19.5 Å². The minimum atomic E-state index is -0.0673. The molecule has 0 unspecified atom stereocenters. The predicted octanol–water partition coefficient (Wildman–Crippen LogP) is -0.262. The highest BCUT2D eigenvalue weighted by molar-refractivity contribution is 5.74. The van der Waals surface area contributed by atoms with Crippen LogP contribution in [0.15, 0.2) is 4.99 Å². The fraction of sp³-hybridized carbons (Fsp3) is 0.714. The van der Waals surface area contributed by atoms with E-state index in [0.29, 0.717) is 13.1 Å². The fourth-order valence-corrected chi connectivity index (χ4v) is 1.11. The molecular formula is C7H11N3O2. The molecule has 0 aromatic carbocycles. The highest BCUT2D eigenvalue weighted by Crippen LogP contribution is 1.97. The second-order valence-electron chi connectivity index (χ2n) is 2.55. The lowest BCUT2D eigenvalue weighted by Crippen LogP contribution is -2.47. The number of carbonyl (C=O) groups excluding carboxylic acids is 2. The molecule has 1 rings (SSSR count). The molecule has 1 N–H and O–H groups in total. The van der Waals surface area contributed by atoms with Gasteiger partial charge in [0.05, 0.1) is 6.54 Å². The van der Waals surface area contributed by atoms with Crippen molar-refractivity contribution < 1.29 is 9.59 Å². The average molecular weight is 169 g/mol. The van der Waals surface area contributed by atoms with Crippen LogP contribution in [-0.2, 0) is 4.79 Å². The lowest BCUT2D eigenvalue weighted by atomic mass is 10.3. The van der Waals surface area contributed by atoms with Crippen molar-refractivity contribution in [2.45, 2.75) is 6.42 Å². The fourth-order valence-electron chi connectivity index (χ4n) is 1.11. The Bertz CT molecular complexity index is 211. The van der Waals surface area contributed by atoms with Crippen molar-refractivity contribution in [1.82, 2.24) is 10.2 Å². The van der Waals surface area contributed by atoms with E-state index in [1.165, 1.54) is 6.08 Å². The van der Waals surface area contributed by atoms with E-state index in [1.807, 2.05) is 0 Å². The molecule has 0 aromatic heterocycles. The highest BCUT2D eigenvalue weighted by Gasteiger charge is 2.15. The second kappa shape index (κ2) is 4.51. The Balaban J connectivity index is 2.29. The lowest BCUT2D eigenvalue weighted by molar-refractivity contribution is 0.188. The van der Waals surface area contributed by atoms with Gasteiger partial charge >= 0.3 is 6.03 Å². The molecule has 1 fully saturated rings. The first-order chi connectivity index (χ1) is 5.84. The summed E-state index contributed by atoms with van der Waals surface area (Å²) in [5.74, 6) is 0.